The lowest BCUT2D eigenvalue weighted by atomic mass is 9.90. The van der Waals surface area contributed by atoms with Crippen molar-refractivity contribution in [2.24, 2.45) is 5.92 Å². The monoisotopic (exact) mass is 272 g/mol. The van der Waals surface area contributed by atoms with Crippen molar-refractivity contribution in [3.05, 3.63) is 10.1 Å². The summed E-state index contributed by atoms with van der Waals surface area (Å²) in [5.74, 6) is -0.836. The molecule has 0 aromatic heterocycles. The third-order valence-corrected chi connectivity index (χ3v) is 4.42. The second-order valence-corrected chi connectivity index (χ2v) is 6.33. The van der Waals surface area contributed by atoms with Gasteiger partial charge in [0.15, 0.2) is 5.79 Å². The molecule has 3 rings (SSSR count). The quantitative estimate of drug-likeness (QED) is 0.527. The van der Waals surface area contributed by atoms with Crippen LogP contribution in [0.3, 0.4) is 0 Å². The van der Waals surface area contributed by atoms with Gasteiger partial charge in [0.05, 0.1) is 6.10 Å². The smallest absolute Gasteiger partial charge is 0.234 e. The van der Waals surface area contributed by atoms with Gasteiger partial charge in [0.2, 0.25) is 6.04 Å². The molecule has 3 fully saturated rings. The van der Waals surface area contributed by atoms with Gasteiger partial charge in [-0.3, -0.25) is 15.0 Å². The second kappa shape index (κ2) is 4.12. The molecule has 0 aromatic rings. The number of fused-ring (bicyclic) bond motifs is 3. The lowest BCUT2D eigenvalue weighted by Crippen LogP contribution is -2.61. The highest BCUT2D eigenvalue weighted by Crippen LogP contribution is 2.42. The topological polar surface area (TPSA) is 85.1 Å². The zero-order chi connectivity index (χ0) is 13.9. The van der Waals surface area contributed by atoms with Crippen LogP contribution in [0.25, 0.3) is 0 Å². The third-order valence-electron chi connectivity index (χ3n) is 4.42. The predicted molar refractivity (Wildman–Crippen MR) is 65.1 cm³/mol. The van der Waals surface area contributed by atoms with E-state index in [1.54, 1.807) is 13.8 Å². The van der Waals surface area contributed by atoms with E-state index in [1.165, 1.54) is 0 Å². The summed E-state index contributed by atoms with van der Waals surface area (Å²) in [7, 11) is 0. The van der Waals surface area contributed by atoms with Crippen LogP contribution in [0.5, 0.6) is 0 Å². The van der Waals surface area contributed by atoms with Crippen molar-refractivity contribution in [3.63, 3.8) is 0 Å². The molecule has 7 nitrogen and oxygen atoms in total. The minimum atomic E-state index is -0.792. The Balaban J connectivity index is 1.93. The van der Waals surface area contributed by atoms with Crippen molar-refractivity contribution < 1.29 is 19.5 Å². The molecule has 108 valence electrons. The Hall–Kier alpha value is -0.760. The fourth-order valence-electron chi connectivity index (χ4n) is 3.81. The van der Waals surface area contributed by atoms with Crippen LogP contribution in [0.2, 0.25) is 0 Å². The minimum absolute atomic E-state index is 0.0433. The maximum Gasteiger partial charge on any atom is 0.234 e. The fraction of sp³-hybridized carbons (Fsp3) is 1.00. The summed E-state index contributed by atoms with van der Waals surface area (Å²) < 4.78 is 11.6. The van der Waals surface area contributed by atoms with E-state index in [0.29, 0.717) is 13.1 Å². The number of nitrogens with zero attached hydrogens (tertiary/aromatic N) is 2. The molecule has 0 bridgehead atoms. The number of aliphatic hydroxyl groups is 1. The highest BCUT2D eigenvalue weighted by atomic mass is 16.8. The zero-order valence-electron chi connectivity index (χ0n) is 11.4. The first-order valence-corrected chi connectivity index (χ1v) is 6.71. The van der Waals surface area contributed by atoms with Gasteiger partial charge in [-0.15, -0.1) is 0 Å². The predicted octanol–water partition coefficient (Wildman–Crippen LogP) is -0.153. The molecule has 3 aliphatic rings. The Morgan fingerprint density at radius 3 is 2.58 bits per heavy atom. The SMILES string of the molecule is C[C@H]1CN2C[C@@H](O)[C@H]3OC(C)(C)O[C@H]3[C@@H]2[C@H]1[N+](=O)[O-]. The maximum absolute atomic E-state index is 11.3. The minimum Gasteiger partial charge on any atom is -0.389 e. The average molecular weight is 272 g/mol. The highest BCUT2D eigenvalue weighted by Gasteiger charge is 2.62. The molecule has 0 amide bonds. The van der Waals surface area contributed by atoms with Crippen molar-refractivity contribution in [1.29, 1.82) is 0 Å². The molecule has 0 aromatic carbocycles. The molecule has 0 aliphatic carbocycles. The molecule has 7 heteroatoms. The van der Waals surface area contributed by atoms with Crippen molar-refractivity contribution in [3.8, 4) is 0 Å². The van der Waals surface area contributed by atoms with E-state index in [2.05, 4.69) is 0 Å². The first-order valence-electron chi connectivity index (χ1n) is 6.71. The van der Waals surface area contributed by atoms with Crippen LogP contribution in [-0.2, 0) is 9.47 Å². The second-order valence-electron chi connectivity index (χ2n) is 6.33. The molecule has 0 radical (unpaired) electrons. The van der Waals surface area contributed by atoms with Crippen LogP contribution >= 0.6 is 0 Å². The van der Waals surface area contributed by atoms with Gasteiger partial charge in [-0.2, -0.15) is 0 Å². The van der Waals surface area contributed by atoms with E-state index >= 15 is 0 Å². The van der Waals surface area contributed by atoms with Gasteiger partial charge in [0.25, 0.3) is 0 Å². The maximum atomic E-state index is 11.3. The van der Waals surface area contributed by atoms with Crippen molar-refractivity contribution in [2.45, 2.75) is 57.0 Å². The first kappa shape index (κ1) is 13.2. The van der Waals surface area contributed by atoms with E-state index in [0.717, 1.165) is 0 Å². The van der Waals surface area contributed by atoms with E-state index in [1.807, 2.05) is 11.8 Å². The molecule has 1 N–H and O–H groups in total. The Labute approximate surface area is 111 Å². The highest BCUT2D eigenvalue weighted by molar-refractivity contribution is 5.07. The summed E-state index contributed by atoms with van der Waals surface area (Å²) in [4.78, 5) is 13.1. The first-order chi connectivity index (χ1) is 8.80. The van der Waals surface area contributed by atoms with E-state index in [4.69, 9.17) is 9.47 Å². The van der Waals surface area contributed by atoms with Crippen molar-refractivity contribution in [2.75, 3.05) is 13.1 Å². The van der Waals surface area contributed by atoms with Gasteiger partial charge in [0.1, 0.15) is 18.2 Å². The van der Waals surface area contributed by atoms with Gasteiger partial charge in [-0.05, 0) is 13.8 Å². The molecule has 0 unspecified atom stereocenters. The summed E-state index contributed by atoms with van der Waals surface area (Å²) in [5.41, 5.74) is 0. The summed E-state index contributed by atoms with van der Waals surface area (Å²) in [6.07, 6.45) is -1.55. The Kier molecular flexibility index (Phi) is 2.87. The summed E-state index contributed by atoms with van der Waals surface area (Å²) in [6, 6.07) is -0.960. The number of hydrogen-bond donors (Lipinski definition) is 1. The van der Waals surface area contributed by atoms with Gasteiger partial charge in [-0.1, -0.05) is 6.92 Å². The fourth-order valence-corrected chi connectivity index (χ4v) is 3.81. The largest absolute Gasteiger partial charge is 0.389 e. The molecule has 6 atom stereocenters. The van der Waals surface area contributed by atoms with Gasteiger partial charge >= 0.3 is 0 Å². The number of aliphatic hydroxyl groups excluding tert-OH is 1. The summed E-state index contributed by atoms with van der Waals surface area (Å²) in [6.45, 7) is 6.48. The van der Waals surface area contributed by atoms with Crippen LogP contribution in [0.1, 0.15) is 20.8 Å². The Bertz CT molecular complexity index is 402. The Morgan fingerprint density at radius 2 is 1.95 bits per heavy atom. The molecule has 3 aliphatic heterocycles. The van der Waals surface area contributed by atoms with E-state index in [-0.39, 0.29) is 16.9 Å². The van der Waals surface area contributed by atoms with Gasteiger partial charge < -0.3 is 14.6 Å². The number of piperidine rings is 1. The van der Waals surface area contributed by atoms with Crippen LogP contribution in [-0.4, -0.2) is 64.2 Å². The van der Waals surface area contributed by atoms with E-state index in [9.17, 15) is 15.2 Å². The lowest BCUT2D eigenvalue weighted by Gasteiger charge is -2.39. The normalized spacial score (nSPS) is 48.8. The van der Waals surface area contributed by atoms with E-state index < -0.39 is 30.1 Å². The Morgan fingerprint density at radius 1 is 1.32 bits per heavy atom. The molecule has 3 heterocycles. The summed E-state index contributed by atoms with van der Waals surface area (Å²) >= 11 is 0. The van der Waals surface area contributed by atoms with Crippen LogP contribution in [0.15, 0.2) is 0 Å². The molecule has 0 spiro atoms. The zero-order valence-corrected chi connectivity index (χ0v) is 11.4. The molecule has 0 saturated carbocycles. The number of hydrogen-bond acceptors (Lipinski definition) is 6. The molecular formula is C12H20N2O5. The third kappa shape index (κ3) is 1.96. The van der Waals surface area contributed by atoms with Gasteiger partial charge in [-0.25, -0.2) is 0 Å². The number of ether oxygens (including phenoxy) is 2. The van der Waals surface area contributed by atoms with Crippen molar-refractivity contribution >= 4 is 0 Å². The molecule has 3 saturated heterocycles. The van der Waals surface area contributed by atoms with Crippen LogP contribution in [0.4, 0.5) is 0 Å². The number of rotatable bonds is 1. The average Bonchev–Trinajstić information content (AvgIpc) is 2.74. The van der Waals surface area contributed by atoms with Crippen molar-refractivity contribution in [1.82, 2.24) is 4.90 Å². The lowest BCUT2D eigenvalue weighted by molar-refractivity contribution is -0.534. The summed E-state index contributed by atoms with van der Waals surface area (Å²) in [5, 5.41) is 21.5. The number of nitro groups is 1. The molecule has 19 heavy (non-hydrogen) atoms. The standard InChI is InChI=1S/C12H20N2O5/c1-6-4-13-5-7(15)10-11(19-12(2,3)18-10)9(13)8(6)14(16)17/h6-11,15H,4-5H2,1-3H3/t6-,7+,8-,9-,10+,11-/m0/s1. The van der Waals surface area contributed by atoms with Gasteiger partial charge in [0, 0.05) is 23.9 Å². The van der Waals surface area contributed by atoms with Crippen LogP contribution in [0, 0.1) is 16.0 Å². The van der Waals surface area contributed by atoms with Crippen LogP contribution < -0.4 is 0 Å². The molecular weight excluding hydrogens is 252 g/mol.